The molecule has 5 aromatic rings. The highest BCUT2D eigenvalue weighted by Gasteiger charge is 2.20. The molecule has 0 unspecified atom stereocenters. The summed E-state index contributed by atoms with van der Waals surface area (Å²) < 4.78 is 11.6. The van der Waals surface area contributed by atoms with E-state index in [1.165, 1.54) is 6.20 Å². The lowest BCUT2D eigenvalue weighted by molar-refractivity contribution is 0.0696. The van der Waals surface area contributed by atoms with Crippen molar-refractivity contribution in [2.24, 2.45) is 5.73 Å². The lowest BCUT2D eigenvalue weighted by Gasteiger charge is -2.28. The second kappa shape index (κ2) is 14.8. The molecule has 0 aliphatic rings. The molecule has 0 fully saturated rings. The normalized spacial score (nSPS) is 11.7. The molecule has 0 aliphatic heterocycles. The van der Waals surface area contributed by atoms with Crippen molar-refractivity contribution in [2.45, 2.75) is 31.9 Å². The number of nitrogens with zero attached hydrogens (tertiary/aromatic N) is 1. The van der Waals surface area contributed by atoms with Crippen LogP contribution >= 0.6 is 0 Å². The van der Waals surface area contributed by atoms with Crippen LogP contribution in [0.2, 0.25) is 0 Å². The summed E-state index contributed by atoms with van der Waals surface area (Å²) in [6.45, 7) is 4.80. The number of carboxylic acid groups (broad SMARTS) is 1. The molecule has 5 rings (SSSR count). The number of aromatic carboxylic acids is 1. The molecule has 1 atom stereocenters. The number of hydrogen-bond donors (Lipinski definition) is 5. The molecule has 2 aromatic heterocycles. The van der Waals surface area contributed by atoms with Gasteiger partial charge in [-0.15, -0.1) is 0 Å². The molecular formula is C34H36N4O6. The standard InChI is InChI=1S/C27H30N4O4.C7H6O2/c1-27(2,31-16-20(32)17-34-24-5-3-4-23-22(24)12-13-29-23)14-18-6-9-21(10-7-18)35-25-11-8-19(15-30-25)26(28)33;8-7(9)6-4-2-1-3-5-6/h3-13,15,20,29,31-32H,14,16-17H2,1-2H3,(H2,28,33);1-5H,(H,8,9)/t20-;/m0./s1. The maximum Gasteiger partial charge on any atom is 0.335 e. The summed E-state index contributed by atoms with van der Waals surface area (Å²) in [6.07, 6.45) is 3.37. The maximum atomic E-state index is 11.1. The van der Waals surface area contributed by atoms with Crippen molar-refractivity contribution in [1.29, 1.82) is 0 Å². The van der Waals surface area contributed by atoms with Gasteiger partial charge in [0.1, 0.15) is 24.2 Å². The molecule has 3 aromatic carbocycles. The summed E-state index contributed by atoms with van der Waals surface area (Å²) in [7, 11) is 0. The number of amides is 1. The lowest BCUT2D eigenvalue weighted by Crippen LogP contribution is -2.46. The van der Waals surface area contributed by atoms with Gasteiger partial charge >= 0.3 is 5.97 Å². The van der Waals surface area contributed by atoms with Crippen molar-refractivity contribution in [3.05, 3.63) is 120 Å². The molecule has 228 valence electrons. The first-order valence-electron chi connectivity index (χ1n) is 14.0. The summed E-state index contributed by atoms with van der Waals surface area (Å²) in [5.41, 5.74) is 7.78. The van der Waals surface area contributed by atoms with E-state index in [1.54, 1.807) is 42.5 Å². The van der Waals surface area contributed by atoms with Crippen LogP contribution in [0.4, 0.5) is 0 Å². The van der Waals surface area contributed by atoms with Gasteiger partial charge in [0.2, 0.25) is 11.8 Å². The molecule has 2 heterocycles. The third-order valence-electron chi connectivity index (χ3n) is 6.64. The number of aromatic nitrogens is 2. The van der Waals surface area contributed by atoms with Gasteiger partial charge in [0.15, 0.2) is 0 Å². The zero-order valence-electron chi connectivity index (χ0n) is 24.6. The Balaban J connectivity index is 0.000000421. The minimum atomic E-state index is -0.879. The minimum Gasteiger partial charge on any atom is -0.490 e. The number of pyridine rings is 1. The second-order valence-corrected chi connectivity index (χ2v) is 10.8. The number of H-pyrrole nitrogens is 1. The average Bonchev–Trinajstić information content (AvgIpc) is 3.51. The Hall–Kier alpha value is -5.19. The number of nitrogens with two attached hydrogens (primary N) is 1. The van der Waals surface area contributed by atoms with Crippen LogP contribution in [0.5, 0.6) is 17.4 Å². The highest BCUT2D eigenvalue weighted by Crippen LogP contribution is 2.25. The summed E-state index contributed by atoms with van der Waals surface area (Å²) >= 11 is 0. The number of aromatic amines is 1. The number of hydrogen-bond acceptors (Lipinski definition) is 7. The predicted molar refractivity (Wildman–Crippen MR) is 168 cm³/mol. The van der Waals surface area contributed by atoms with E-state index in [2.05, 4.69) is 29.1 Å². The summed E-state index contributed by atoms with van der Waals surface area (Å²) in [5.74, 6) is 0.371. The van der Waals surface area contributed by atoms with Gasteiger partial charge < -0.3 is 35.7 Å². The van der Waals surface area contributed by atoms with Crippen LogP contribution in [0, 0.1) is 0 Å². The van der Waals surface area contributed by atoms with Crippen molar-refractivity contribution in [3.8, 4) is 17.4 Å². The van der Waals surface area contributed by atoms with Crippen LogP contribution < -0.4 is 20.5 Å². The number of β-amino-alcohol motifs (C(OH)–C–C–N with tert-alkyl or cyclic N) is 1. The van der Waals surface area contributed by atoms with Crippen LogP contribution in [0.1, 0.15) is 40.1 Å². The van der Waals surface area contributed by atoms with Gasteiger partial charge in [0.25, 0.3) is 0 Å². The number of aliphatic hydroxyl groups excluding tert-OH is 1. The average molecular weight is 597 g/mol. The highest BCUT2D eigenvalue weighted by atomic mass is 16.5. The molecule has 44 heavy (non-hydrogen) atoms. The SMILES string of the molecule is CC(C)(Cc1ccc(Oc2ccc(C(N)=O)cn2)cc1)NC[C@H](O)COc1cccc2[nH]ccc12.O=C(O)c1ccccc1. The van der Waals surface area contributed by atoms with E-state index in [-0.39, 0.29) is 12.1 Å². The molecule has 6 N–H and O–H groups in total. The number of carbonyl (C=O) groups is 2. The number of ether oxygens (including phenoxy) is 2. The van der Waals surface area contributed by atoms with Crippen molar-refractivity contribution >= 4 is 22.8 Å². The van der Waals surface area contributed by atoms with Gasteiger partial charge in [-0.2, -0.15) is 0 Å². The Morgan fingerprint density at radius 1 is 0.955 bits per heavy atom. The van der Waals surface area contributed by atoms with Crippen LogP contribution in [-0.2, 0) is 6.42 Å². The Labute approximate surface area is 255 Å². The van der Waals surface area contributed by atoms with E-state index in [0.717, 1.165) is 28.6 Å². The fourth-order valence-electron chi connectivity index (χ4n) is 4.36. The van der Waals surface area contributed by atoms with Gasteiger partial charge in [-0.05, 0) is 74.4 Å². The third-order valence-corrected chi connectivity index (χ3v) is 6.64. The molecule has 0 saturated heterocycles. The number of fused-ring (bicyclic) bond motifs is 1. The number of rotatable bonds is 12. The van der Waals surface area contributed by atoms with Gasteiger partial charge in [-0.25, -0.2) is 9.78 Å². The van der Waals surface area contributed by atoms with Crippen molar-refractivity contribution in [1.82, 2.24) is 15.3 Å². The third kappa shape index (κ3) is 9.41. The van der Waals surface area contributed by atoms with Crippen LogP contribution in [0.25, 0.3) is 10.9 Å². The van der Waals surface area contributed by atoms with Crippen LogP contribution in [0.15, 0.2) is 103 Å². The van der Waals surface area contributed by atoms with Gasteiger partial charge in [-0.3, -0.25) is 4.79 Å². The van der Waals surface area contributed by atoms with Crippen molar-refractivity contribution < 1.29 is 29.3 Å². The van der Waals surface area contributed by atoms with Crippen molar-refractivity contribution in [3.63, 3.8) is 0 Å². The monoisotopic (exact) mass is 596 g/mol. The van der Waals surface area contributed by atoms with Gasteiger partial charge in [-0.1, -0.05) is 36.4 Å². The van der Waals surface area contributed by atoms with E-state index in [4.69, 9.17) is 20.3 Å². The van der Waals surface area contributed by atoms with Crippen LogP contribution in [-0.4, -0.2) is 56.9 Å². The topological polar surface area (TPSA) is 160 Å². The molecule has 10 heteroatoms. The molecule has 0 spiro atoms. The zero-order chi connectivity index (χ0) is 31.5. The predicted octanol–water partition coefficient (Wildman–Crippen LogP) is 5.19. The zero-order valence-corrected chi connectivity index (χ0v) is 24.6. The number of benzene rings is 3. The first kappa shape index (κ1) is 31.7. The summed E-state index contributed by atoms with van der Waals surface area (Å²) in [5, 5.41) is 23.3. The fraction of sp³-hybridized carbons (Fsp3) is 0.206. The highest BCUT2D eigenvalue weighted by molar-refractivity contribution is 5.92. The summed E-state index contributed by atoms with van der Waals surface area (Å²) in [4.78, 5) is 28.6. The molecular weight excluding hydrogens is 560 g/mol. The smallest absolute Gasteiger partial charge is 0.335 e. The Kier molecular flexibility index (Phi) is 10.7. The number of primary amides is 1. The summed E-state index contributed by atoms with van der Waals surface area (Å²) in [6, 6.07) is 27.0. The number of nitrogens with one attached hydrogen (secondary N) is 2. The molecule has 1 amide bonds. The second-order valence-electron chi connectivity index (χ2n) is 10.8. The number of carboxylic acids is 1. The van der Waals surface area contributed by atoms with Gasteiger partial charge in [0, 0.05) is 41.4 Å². The number of carbonyl (C=O) groups excluding carboxylic acids is 1. The first-order chi connectivity index (χ1) is 21.1. The lowest BCUT2D eigenvalue weighted by atomic mass is 9.94. The Morgan fingerprint density at radius 3 is 2.34 bits per heavy atom. The quantitative estimate of drug-likeness (QED) is 0.132. The Morgan fingerprint density at radius 2 is 1.70 bits per heavy atom. The van der Waals surface area contributed by atoms with E-state index >= 15 is 0 Å². The van der Waals surface area contributed by atoms with Crippen molar-refractivity contribution in [2.75, 3.05) is 13.2 Å². The Bertz CT molecular complexity index is 1650. The van der Waals surface area contributed by atoms with E-state index in [1.807, 2.05) is 54.7 Å². The molecule has 0 aliphatic carbocycles. The van der Waals surface area contributed by atoms with E-state index in [0.29, 0.717) is 29.3 Å². The molecule has 0 bridgehead atoms. The van der Waals surface area contributed by atoms with E-state index < -0.39 is 18.0 Å². The fourth-order valence-corrected chi connectivity index (χ4v) is 4.36. The van der Waals surface area contributed by atoms with Gasteiger partial charge in [0.05, 0.1) is 11.1 Å². The largest absolute Gasteiger partial charge is 0.490 e. The molecule has 10 nitrogen and oxygen atoms in total. The van der Waals surface area contributed by atoms with Crippen LogP contribution in [0.3, 0.4) is 0 Å². The number of aliphatic hydroxyl groups is 1. The first-order valence-corrected chi connectivity index (χ1v) is 14.0. The minimum absolute atomic E-state index is 0.202. The van der Waals surface area contributed by atoms with E-state index in [9.17, 15) is 14.7 Å². The maximum absolute atomic E-state index is 11.1. The molecule has 0 saturated carbocycles. The molecule has 0 radical (unpaired) electrons.